The number of carbonyl (C=O) groups excluding carboxylic acids is 1. The Bertz CT molecular complexity index is 578. The van der Waals surface area contributed by atoms with Crippen LogP contribution in [-0.4, -0.2) is 36.8 Å². The SMILES string of the molecule is CC(C)(C)OC(=O)NC[C@@H](NC1OC1OCc1ccccc1)C(C)(C)C. The molecule has 2 rings (SSSR count). The fourth-order valence-corrected chi connectivity index (χ4v) is 2.41. The largest absolute Gasteiger partial charge is 0.444 e. The minimum atomic E-state index is -0.509. The first-order valence-electron chi connectivity index (χ1n) is 9.08. The number of ether oxygens (including phenoxy) is 3. The van der Waals surface area contributed by atoms with Crippen LogP contribution in [0.25, 0.3) is 0 Å². The van der Waals surface area contributed by atoms with E-state index in [1.165, 1.54) is 0 Å². The van der Waals surface area contributed by atoms with Gasteiger partial charge in [0.1, 0.15) is 5.60 Å². The van der Waals surface area contributed by atoms with Crippen molar-refractivity contribution in [1.29, 1.82) is 0 Å². The number of carbonyl (C=O) groups is 1. The summed E-state index contributed by atoms with van der Waals surface area (Å²) in [5.74, 6) is 0. The fraction of sp³-hybridized carbons (Fsp3) is 0.650. The topological polar surface area (TPSA) is 72.1 Å². The average molecular weight is 364 g/mol. The monoisotopic (exact) mass is 364 g/mol. The molecule has 26 heavy (non-hydrogen) atoms. The molecule has 1 aliphatic heterocycles. The molecule has 2 unspecified atom stereocenters. The quantitative estimate of drug-likeness (QED) is 0.726. The fourth-order valence-electron chi connectivity index (χ4n) is 2.41. The number of nitrogens with one attached hydrogen (secondary N) is 2. The van der Waals surface area contributed by atoms with Gasteiger partial charge in [-0.15, -0.1) is 0 Å². The molecule has 1 aliphatic rings. The van der Waals surface area contributed by atoms with E-state index >= 15 is 0 Å². The zero-order chi connectivity index (χ0) is 19.4. The minimum Gasteiger partial charge on any atom is -0.444 e. The molecular weight excluding hydrogens is 332 g/mol. The molecule has 0 spiro atoms. The standard InChI is InChI=1S/C20H32N2O4/c1-19(2,3)15(12-21-18(23)26-20(4,5)6)22-16-17(25-16)24-13-14-10-8-7-9-11-14/h7-11,15-17,22H,12-13H2,1-6H3,(H,21,23)/t15-,16?,17?/m1/s1. The van der Waals surface area contributed by atoms with Gasteiger partial charge in [0, 0.05) is 12.6 Å². The van der Waals surface area contributed by atoms with Crippen LogP contribution in [-0.2, 0) is 20.8 Å². The Hall–Kier alpha value is -1.63. The van der Waals surface area contributed by atoms with Gasteiger partial charge in [-0.05, 0) is 31.7 Å². The van der Waals surface area contributed by atoms with Crippen molar-refractivity contribution in [1.82, 2.24) is 10.6 Å². The predicted molar refractivity (Wildman–Crippen MR) is 101 cm³/mol. The molecule has 1 fully saturated rings. The number of benzene rings is 1. The lowest BCUT2D eigenvalue weighted by molar-refractivity contribution is 0.0384. The van der Waals surface area contributed by atoms with E-state index in [-0.39, 0.29) is 24.0 Å². The normalized spacial score (nSPS) is 21.2. The summed E-state index contributed by atoms with van der Waals surface area (Å²) in [7, 11) is 0. The van der Waals surface area contributed by atoms with Crippen molar-refractivity contribution in [2.45, 2.75) is 72.3 Å². The molecule has 146 valence electrons. The summed E-state index contributed by atoms with van der Waals surface area (Å²) in [6.45, 7) is 12.8. The molecule has 2 N–H and O–H groups in total. The Morgan fingerprint density at radius 1 is 1.15 bits per heavy atom. The number of amides is 1. The highest BCUT2D eigenvalue weighted by molar-refractivity contribution is 5.67. The highest BCUT2D eigenvalue weighted by Crippen LogP contribution is 2.27. The second-order valence-electron chi connectivity index (χ2n) is 8.69. The van der Waals surface area contributed by atoms with Gasteiger partial charge in [-0.1, -0.05) is 51.1 Å². The van der Waals surface area contributed by atoms with Crippen molar-refractivity contribution in [3.8, 4) is 0 Å². The molecular formula is C20H32N2O4. The number of hydrogen-bond donors (Lipinski definition) is 2. The maximum atomic E-state index is 11.9. The van der Waals surface area contributed by atoms with Gasteiger partial charge in [-0.25, -0.2) is 4.79 Å². The lowest BCUT2D eigenvalue weighted by Gasteiger charge is -2.31. The van der Waals surface area contributed by atoms with E-state index in [2.05, 4.69) is 31.4 Å². The Kier molecular flexibility index (Phi) is 6.66. The summed E-state index contributed by atoms with van der Waals surface area (Å²) in [4.78, 5) is 11.9. The number of rotatable bonds is 7. The van der Waals surface area contributed by atoms with Gasteiger partial charge < -0.3 is 19.5 Å². The van der Waals surface area contributed by atoms with Crippen LogP contribution in [0.1, 0.15) is 47.1 Å². The summed E-state index contributed by atoms with van der Waals surface area (Å²) < 4.78 is 16.6. The average Bonchev–Trinajstić information content (AvgIpc) is 3.26. The molecule has 1 aromatic rings. The number of alkyl carbamates (subject to hydrolysis) is 1. The van der Waals surface area contributed by atoms with Crippen molar-refractivity contribution in [3.05, 3.63) is 35.9 Å². The molecule has 1 heterocycles. The Morgan fingerprint density at radius 2 is 1.81 bits per heavy atom. The van der Waals surface area contributed by atoms with E-state index in [1.807, 2.05) is 51.1 Å². The van der Waals surface area contributed by atoms with Crippen LogP contribution >= 0.6 is 0 Å². The van der Waals surface area contributed by atoms with Crippen molar-refractivity contribution in [3.63, 3.8) is 0 Å². The molecule has 6 heteroatoms. The molecule has 6 nitrogen and oxygen atoms in total. The third kappa shape index (κ3) is 7.32. The first-order valence-corrected chi connectivity index (χ1v) is 9.08. The van der Waals surface area contributed by atoms with Gasteiger partial charge >= 0.3 is 6.09 Å². The van der Waals surface area contributed by atoms with Gasteiger partial charge in [0.15, 0.2) is 12.5 Å². The molecule has 1 saturated heterocycles. The summed E-state index contributed by atoms with van der Waals surface area (Å²) >= 11 is 0. The third-order valence-corrected chi connectivity index (χ3v) is 3.97. The van der Waals surface area contributed by atoms with Crippen molar-refractivity contribution >= 4 is 6.09 Å². The van der Waals surface area contributed by atoms with Crippen LogP contribution in [0.2, 0.25) is 0 Å². The molecule has 0 aliphatic carbocycles. The van der Waals surface area contributed by atoms with Crippen molar-refractivity contribution in [2.75, 3.05) is 6.54 Å². The second-order valence-corrected chi connectivity index (χ2v) is 8.69. The van der Waals surface area contributed by atoms with Crippen LogP contribution < -0.4 is 10.6 Å². The summed E-state index contributed by atoms with van der Waals surface area (Å²) in [5, 5.41) is 6.25. The maximum absolute atomic E-state index is 11.9. The van der Waals surface area contributed by atoms with Crippen LogP contribution in [0.4, 0.5) is 4.79 Å². The van der Waals surface area contributed by atoms with E-state index in [1.54, 1.807) is 0 Å². The summed E-state index contributed by atoms with van der Waals surface area (Å²) in [6.07, 6.45) is -0.841. The van der Waals surface area contributed by atoms with Gasteiger partial charge in [0.25, 0.3) is 0 Å². The highest BCUT2D eigenvalue weighted by atomic mass is 16.8. The maximum Gasteiger partial charge on any atom is 0.407 e. The van der Waals surface area contributed by atoms with Gasteiger partial charge in [0.05, 0.1) is 6.61 Å². The Balaban J connectivity index is 1.77. The zero-order valence-corrected chi connectivity index (χ0v) is 16.7. The zero-order valence-electron chi connectivity index (χ0n) is 16.7. The smallest absolute Gasteiger partial charge is 0.407 e. The van der Waals surface area contributed by atoms with E-state index in [4.69, 9.17) is 14.2 Å². The van der Waals surface area contributed by atoms with E-state index in [9.17, 15) is 4.79 Å². The van der Waals surface area contributed by atoms with Gasteiger partial charge in [-0.3, -0.25) is 5.32 Å². The second kappa shape index (κ2) is 8.37. The van der Waals surface area contributed by atoms with E-state index in [0.29, 0.717) is 13.2 Å². The summed E-state index contributed by atoms with van der Waals surface area (Å²) in [6, 6.07) is 10.0. The lowest BCUT2D eigenvalue weighted by atomic mass is 9.86. The third-order valence-electron chi connectivity index (χ3n) is 3.97. The van der Waals surface area contributed by atoms with Crippen LogP contribution in [0.3, 0.4) is 0 Å². The molecule has 1 aromatic carbocycles. The minimum absolute atomic E-state index is 0.0188. The Labute approximate surface area is 156 Å². The van der Waals surface area contributed by atoms with Gasteiger partial charge in [0.2, 0.25) is 0 Å². The van der Waals surface area contributed by atoms with Crippen LogP contribution in [0, 0.1) is 5.41 Å². The van der Waals surface area contributed by atoms with Crippen molar-refractivity contribution < 1.29 is 19.0 Å². The van der Waals surface area contributed by atoms with Gasteiger partial charge in [-0.2, -0.15) is 0 Å². The van der Waals surface area contributed by atoms with E-state index in [0.717, 1.165) is 5.56 Å². The Morgan fingerprint density at radius 3 is 2.38 bits per heavy atom. The molecule has 0 saturated carbocycles. The molecule has 0 radical (unpaired) electrons. The highest BCUT2D eigenvalue weighted by Gasteiger charge is 2.43. The van der Waals surface area contributed by atoms with Crippen LogP contribution in [0.5, 0.6) is 0 Å². The lowest BCUT2D eigenvalue weighted by Crippen LogP contribution is -2.50. The van der Waals surface area contributed by atoms with Crippen LogP contribution in [0.15, 0.2) is 30.3 Å². The molecule has 1 amide bonds. The predicted octanol–water partition coefficient (Wildman–Crippen LogP) is 3.41. The van der Waals surface area contributed by atoms with Crippen molar-refractivity contribution in [2.24, 2.45) is 5.41 Å². The first kappa shape index (κ1) is 20.7. The molecule has 0 aromatic heterocycles. The van der Waals surface area contributed by atoms with E-state index < -0.39 is 11.7 Å². The number of hydrogen-bond acceptors (Lipinski definition) is 5. The molecule has 0 bridgehead atoms. The number of epoxide rings is 1. The summed E-state index contributed by atoms with van der Waals surface area (Å²) in [5.41, 5.74) is 0.538. The first-order chi connectivity index (χ1) is 12.0. The molecule has 3 atom stereocenters.